The van der Waals surface area contributed by atoms with E-state index in [1.54, 1.807) is 0 Å². The minimum atomic E-state index is -0.549. The zero-order valence-electron chi connectivity index (χ0n) is 9.90. The lowest BCUT2D eigenvalue weighted by Crippen LogP contribution is -2.39. The summed E-state index contributed by atoms with van der Waals surface area (Å²) in [4.78, 5) is 19.1. The lowest BCUT2D eigenvalue weighted by Gasteiger charge is -2.20. The van der Waals surface area contributed by atoms with Crippen molar-refractivity contribution in [2.45, 2.75) is 19.9 Å². The van der Waals surface area contributed by atoms with Crippen LogP contribution >= 0.6 is 11.6 Å². The van der Waals surface area contributed by atoms with Gasteiger partial charge in [0.2, 0.25) is 5.91 Å². The molecule has 0 saturated carbocycles. The number of amides is 1. The minimum Gasteiger partial charge on any atom is -0.467 e. The van der Waals surface area contributed by atoms with Crippen LogP contribution in [-0.4, -0.2) is 29.0 Å². The second-order valence-corrected chi connectivity index (χ2v) is 4.23. The lowest BCUT2D eigenvalue weighted by molar-refractivity contribution is -0.119. The van der Waals surface area contributed by atoms with Crippen molar-refractivity contribution in [2.75, 3.05) is 12.4 Å². The van der Waals surface area contributed by atoms with Crippen LogP contribution in [0.15, 0.2) is 6.20 Å². The number of methoxy groups -OCH3 is 1. The van der Waals surface area contributed by atoms with E-state index in [4.69, 9.17) is 22.1 Å². The Morgan fingerprint density at radius 3 is 2.71 bits per heavy atom. The van der Waals surface area contributed by atoms with Crippen molar-refractivity contribution >= 4 is 23.3 Å². The van der Waals surface area contributed by atoms with Crippen molar-refractivity contribution in [1.82, 2.24) is 9.97 Å². The molecule has 0 aliphatic rings. The van der Waals surface area contributed by atoms with Crippen LogP contribution in [0, 0.1) is 5.92 Å². The Balaban J connectivity index is 2.96. The van der Waals surface area contributed by atoms with Crippen LogP contribution < -0.4 is 15.8 Å². The van der Waals surface area contributed by atoms with Crippen molar-refractivity contribution in [2.24, 2.45) is 11.7 Å². The van der Waals surface area contributed by atoms with Crippen LogP contribution in [0.25, 0.3) is 0 Å². The minimum absolute atomic E-state index is 0.0181. The molecule has 0 bridgehead atoms. The molecule has 1 rings (SSSR count). The zero-order chi connectivity index (χ0) is 13.0. The third-order valence-corrected chi connectivity index (χ3v) is 2.45. The first-order chi connectivity index (χ1) is 7.95. The molecule has 6 nitrogen and oxygen atoms in total. The second kappa shape index (κ2) is 5.67. The highest BCUT2D eigenvalue weighted by Crippen LogP contribution is 2.22. The molecule has 1 aromatic heterocycles. The Hall–Kier alpha value is -1.56. The van der Waals surface area contributed by atoms with Crippen LogP contribution in [0.5, 0.6) is 6.01 Å². The number of ether oxygens (including phenoxy) is 1. The van der Waals surface area contributed by atoms with Crippen LogP contribution in [0.4, 0.5) is 5.82 Å². The molecule has 1 amide bonds. The van der Waals surface area contributed by atoms with E-state index >= 15 is 0 Å². The van der Waals surface area contributed by atoms with Gasteiger partial charge >= 0.3 is 6.01 Å². The first-order valence-electron chi connectivity index (χ1n) is 5.08. The summed E-state index contributed by atoms with van der Waals surface area (Å²) < 4.78 is 4.88. The number of hydrogen-bond acceptors (Lipinski definition) is 5. The predicted molar refractivity (Wildman–Crippen MR) is 65.0 cm³/mol. The summed E-state index contributed by atoms with van der Waals surface area (Å²) in [5, 5.41) is 3.19. The molecule has 0 saturated heterocycles. The largest absolute Gasteiger partial charge is 0.467 e. The van der Waals surface area contributed by atoms with E-state index in [1.807, 2.05) is 13.8 Å². The van der Waals surface area contributed by atoms with Crippen molar-refractivity contribution < 1.29 is 9.53 Å². The number of carbonyl (C=O) groups excluding carboxylic acids is 1. The Morgan fingerprint density at radius 2 is 2.24 bits per heavy atom. The summed E-state index contributed by atoms with van der Waals surface area (Å²) in [6, 6.07) is -0.379. The fraction of sp³-hybridized carbons (Fsp3) is 0.500. The lowest BCUT2D eigenvalue weighted by atomic mass is 10.0. The quantitative estimate of drug-likeness (QED) is 0.824. The fourth-order valence-corrected chi connectivity index (χ4v) is 1.41. The van der Waals surface area contributed by atoms with Crippen LogP contribution in [-0.2, 0) is 4.79 Å². The van der Waals surface area contributed by atoms with Crippen molar-refractivity contribution in [1.29, 1.82) is 0 Å². The van der Waals surface area contributed by atoms with E-state index in [0.717, 1.165) is 0 Å². The van der Waals surface area contributed by atoms with Gasteiger partial charge in [0, 0.05) is 0 Å². The molecule has 0 aliphatic carbocycles. The van der Waals surface area contributed by atoms with E-state index < -0.39 is 11.9 Å². The predicted octanol–water partition coefficient (Wildman–Crippen LogP) is 1.06. The maximum Gasteiger partial charge on any atom is 0.318 e. The van der Waals surface area contributed by atoms with Gasteiger partial charge in [0.1, 0.15) is 11.1 Å². The third kappa shape index (κ3) is 3.45. The number of rotatable bonds is 5. The molecule has 0 radical (unpaired) electrons. The molecule has 1 heterocycles. The summed E-state index contributed by atoms with van der Waals surface area (Å²) >= 11 is 5.91. The molecular weight excluding hydrogens is 244 g/mol. The van der Waals surface area contributed by atoms with Gasteiger partial charge in [-0.3, -0.25) is 4.79 Å². The Labute approximate surface area is 105 Å². The van der Waals surface area contributed by atoms with Gasteiger partial charge in [-0.15, -0.1) is 0 Å². The Bertz CT molecular complexity index is 411. The topological polar surface area (TPSA) is 90.1 Å². The summed E-state index contributed by atoms with van der Waals surface area (Å²) in [6.45, 7) is 3.74. The first-order valence-corrected chi connectivity index (χ1v) is 5.46. The van der Waals surface area contributed by atoms with E-state index in [2.05, 4.69) is 15.3 Å². The summed E-state index contributed by atoms with van der Waals surface area (Å²) in [5.41, 5.74) is 5.29. The highest BCUT2D eigenvalue weighted by Gasteiger charge is 2.21. The summed E-state index contributed by atoms with van der Waals surface area (Å²) in [5.74, 6) is -0.116. The SMILES string of the molecule is COc1ncc(Cl)c(NC(C(N)=O)C(C)C)n1. The van der Waals surface area contributed by atoms with Gasteiger partial charge < -0.3 is 15.8 Å². The molecule has 17 heavy (non-hydrogen) atoms. The first kappa shape index (κ1) is 13.5. The molecule has 1 aromatic rings. The molecule has 7 heteroatoms. The summed E-state index contributed by atoms with van der Waals surface area (Å²) in [7, 11) is 1.45. The standard InChI is InChI=1S/C10H15ClN4O2/c1-5(2)7(8(12)16)14-9-6(11)4-13-10(15-9)17-3/h4-5,7H,1-3H3,(H2,12,16)(H,13,14,15). The second-order valence-electron chi connectivity index (χ2n) is 3.82. The Morgan fingerprint density at radius 1 is 1.59 bits per heavy atom. The fourth-order valence-electron chi connectivity index (χ4n) is 1.26. The van der Waals surface area contributed by atoms with Gasteiger partial charge in [-0.2, -0.15) is 4.98 Å². The molecule has 1 atom stereocenters. The Kier molecular flexibility index (Phi) is 4.51. The number of nitrogens with two attached hydrogens (primary N) is 1. The van der Waals surface area contributed by atoms with E-state index in [0.29, 0.717) is 10.8 Å². The average Bonchev–Trinajstić information content (AvgIpc) is 2.27. The van der Waals surface area contributed by atoms with Gasteiger partial charge in [-0.25, -0.2) is 4.98 Å². The monoisotopic (exact) mass is 258 g/mol. The van der Waals surface area contributed by atoms with Crippen molar-refractivity contribution in [3.05, 3.63) is 11.2 Å². The molecule has 0 fully saturated rings. The number of carbonyl (C=O) groups is 1. The van der Waals surface area contributed by atoms with Gasteiger partial charge in [0.15, 0.2) is 5.82 Å². The smallest absolute Gasteiger partial charge is 0.318 e. The number of hydrogen-bond donors (Lipinski definition) is 2. The van der Waals surface area contributed by atoms with E-state index in [-0.39, 0.29) is 11.9 Å². The number of nitrogens with zero attached hydrogens (tertiary/aromatic N) is 2. The molecule has 3 N–H and O–H groups in total. The number of anilines is 1. The maximum absolute atomic E-state index is 11.3. The number of halogens is 1. The van der Waals surface area contributed by atoms with E-state index in [1.165, 1.54) is 13.3 Å². The highest BCUT2D eigenvalue weighted by atomic mass is 35.5. The maximum atomic E-state index is 11.3. The van der Waals surface area contributed by atoms with Crippen LogP contribution in [0.2, 0.25) is 5.02 Å². The molecular formula is C10H15ClN4O2. The number of nitrogens with one attached hydrogen (secondary N) is 1. The van der Waals surface area contributed by atoms with Crippen molar-refractivity contribution in [3.8, 4) is 6.01 Å². The highest BCUT2D eigenvalue weighted by molar-refractivity contribution is 6.32. The van der Waals surface area contributed by atoms with E-state index in [9.17, 15) is 4.79 Å². The van der Waals surface area contributed by atoms with Gasteiger partial charge in [-0.05, 0) is 5.92 Å². The molecule has 0 spiro atoms. The van der Waals surface area contributed by atoms with Gasteiger partial charge in [0.05, 0.1) is 13.3 Å². The van der Waals surface area contributed by atoms with Crippen LogP contribution in [0.3, 0.4) is 0 Å². The average molecular weight is 259 g/mol. The zero-order valence-corrected chi connectivity index (χ0v) is 10.7. The number of aromatic nitrogens is 2. The molecule has 0 aliphatic heterocycles. The molecule has 0 aromatic carbocycles. The van der Waals surface area contributed by atoms with Gasteiger partial charge in [0.25, 0.3) is 0 Å². The molecule has 1 unspecified atom stereocenters. The number of primary amides is 1. The normalized spacial score (nSPS) is 12.3. The third-order valence-electron chi connectivity index (χ3n) is 2.17. The van der Waals surface area contributed by atoms with Gasteiger partial charge in [-0.1, -0.05) is 25.4 Å². The molecule has 94 valence electrons. The van der Waals surface area contributed by atoms with Crippen molar-refractivity contribution in [3.63, 3.8) is 0 Å². The summed E-state index contributed by atoms with van der Waals surface area (Å²) in [6.07, 6.45) is 1.40. The van der Waals surface area contributed by atoms with Crippen LogP contribution in [0.1, 0.15) is 13.8 Å².